The van der Waals surface area contributed by atoms with Crippen LogP contribution < -0.4 is 10.2 Å². The Morgan fingerprint density at radius 1 is 1.28 bits per heavy atom. The average Bonchev–Trinajstić information content (AvgIpc) is 2.73. The number of halogens is 1. The standard InChI is InChI=1S/C13H17ClN4/c1-9-10(14)3-4-11-12(9)16-13(17(11)2)18-7-5-15-6-8-18/h3-4,15H,5-8H2,1-2H3. The number of aryl methyl sites for hydroxylation is 2. The third-order valence-electron chi connectivity index (χ3n) is 3.62. The van der Waals surface area contributed by atoms with E-state index in [4.69, 9.17) is 16.6 Å². The molecular formula is C13H17ClN4. The minimum absolute atomic E-state index is 0.785. The third-order valence-corrected chi connectivity index (χ3v) is 4.03. The molecule has 0 spiro atoms. The molecular weight excluding hydrogens is 248 g/mol. The van der Waals surface area contributed by atoms with Gasteiger partial charge in [-0.2, -0.15) is 0 Å². The van der Waals surface area contributed by atoms with Gasteiger partial charge in [-0.25, -0.2) is 4.98 Å². The number of rotatable bonds is 1. The van der Waals surface area contributed by atoms with Crippen molar-refractivity contribution in [1.82, 2.24) is 14.9 Å². The van der Waals surface area contributed by atoms with Gasteiger partial charge in [-0.3, -0.25) is 0 Å². The van der Waals surface area contributed by atoms with Gasteiger partial charge in [0.2, 0.25) is 5.95 Å². The largest absolute Gasteiger partial charge is 0.340 e. The van der Waals surface area contributed by atoms with Crippen molar-refractivity contribution in [3.8, 4) is 0 Å². The number of aromatic nitrogens is 2. The second-order valence-corrected chi connectivity index (χ2v) is 5.16. The average molecular weight is 265 g/mol. The van der Waals surface area contributed by atoms with Gasteiger partial charge in [0, 0.05) is 38.2 Å². The molecule has 4 nitrogen and oxygen atoms in total. The van der Waals surface area contributed by atoms with E-state index in [1.54, 1.807) is 0 Å². The van der Waals surface area contributed by atoms with Gasteiger partial charge in [-0.1, -0.05) is 11.6 Å². The van der Waals surface area contributed by atoms with E-state index in [1.807, 2.05) is 19.1 Å². The van der Waals surface area contributed by atoms with Crippen molar-refractivity contribution in [3.05, 3.63) is 22.7 Å². The van der Waals surface area contributed by atoms with Gasteiger partial charge >= 0.3 is 0 Å². The number of fused-ring (bicyclic) bond motifs is 1. The van der Waals surface area contributed by atoms with Crippen LogP contribution in [-0.2, 0) is 7.05 Å². The minimum atomic E-state index is 0.785. The molecule has 0 radical (unpaired) electrons. The molecule has 1 aromatic heterocycles. The number of hydrogen-bond donors (Lipinski definition) is 1. The second kappa shape index (κ2) is 4.44. The van der Waals surface area contributed by atoms with Crippen LogP contribution >= 0.6 is 11.6 Å². The Labute approximate surface area is 112 Å². The molecule has 1 saturated heterocycles. The Hall–Kier alpha value is -1.26. The monoisotopic (exact) mass is 264 g/mol. The number of imidazole rings is 1. The lowest BCUT2D eigenvalue weighted by Gasteiger charge is -2.28. The van der Waals surface area contributed by atoms with E-state index in [-0.39, 0.29) is 0 Å². The van der Waals surface area contributed by atoms with Crippen LogP contribution in [0.3, 0.4) is 0 Å². The van der Waals surface area contributed by atoms with Gasteiger partial charge in [-0.05, 0) is 24.6 Å². The molecule has 0 unspecified atom stereocenters. The zero-order valence-electron chi connectivity index (χ0n) is 10.7. The number of nitrogens with zero attached hydrogens (tertiary/aromatic N) is 3. The Kier molecular flexibility index (Phi) is 2.92. The Balaban J connectivity index is 2.13. The molecule has 1 fully saturated rings. The van der Waals surface area contributed by atoms with E-state index in [1.165, 1.54) is 0 Å². The maximum Gasteiger partial charge on any atom is 0.206 e. The summed E-state index contributed by atoms with van der Waals surface area (Å²) in [6, 6.07) is 3.99. The van der Waals surface area contributed by atoms with Crippen LogP contribution in [0.4, 0.5) is 5.95 Å². The first-order valence-electron chi connectivity index (χ1n) is 6.25. The van der Waals surface area contributed by atoms with Crippen molar-refractivity contribution in [2.45, 2.75) is 6.92 Å². The highest BCUT2D eigenvalue weighted by Crippen LogP contribution is 2.28. The summed E-state index contributed by atoms with van der Waals surface area (Å²) in [7, 11) is 2.07. The summed E-state index contributed by atoms with van der Waals surface area (Å²) in [4.78, 5) is 7.10. The fourth-order valence-corrected chi connectivity index (χ4v) is 2.66. The molecule has 5 heteroatoms. The Morgan fingerprint density at radius 3 is 2.72 bits per heavy atom. The van der Waals surface area contributed by atoms with Crippen LogP contribution in [0.2, 0.25) is 5.02 Å². The summed E-state index contributed by atoms with van der Waals surface area (Å²) in [6.45, 7) is 6.07. The van der Waals surface area contributed by atoms with Gasteiger partial charge in [-0.15, -0.1) is 0 Å². The number of anilines is 1. The molecule has 1 aromatic carbocycles. The predicted octanol–water partition coefficient (Wildman–Crippen LogP) is 1.94. The van der Waals surface area contributed by atoms with Gasteiger partial charge < -0.3 is 14.8 Å². The number of hydrogen-bond acceptors (Lipinski definition) is 3. The summed E-state index contributed by atoms with van der Waals surface area (Å²) in [6.07, 6.45) is 0. The highest BCUT2D eigenvalue weighted by atomic mass is 35.5. The summed E-state index contributed by atoms with van der Waals surface area (Å²) in [5.74, 6) is 1.04. The Morgan fingerprint density at radius 2 is 2.00 bits per heavy atom. The Bertz CT molecular complexity index is 584. The van der Waals surface area contributed by atoms with Crippen LogP contribution in [0.1, 0.15) is 5.56 Å². The van der Waals surface area contributed by atoms with Gasteiger partial charge in [0.1, 0.15) is 0 Å². The smallest absolute Gasteiger partial charge is 0.206 e. The predicted molar refractivity (Wildman–Crippen MR) is 75.5 cm³/mol. The third kappa shape index (κ3) is 1.76. The van der Waals surface area contributed by atoms with Gasteiger partial charge in [0.25, 0.3) is 0 Å². The van der Waals surface area contributed by atoms with Gasteiger partial charge in [0.15, 0.2) is 0 Å². The van der Waals surface area contributed by atoms with E-state index >= 15 is 0 Å². The first-order chi connectivity index (χ1) is 8.68. The molecule has 96 valence electrons. The summed E-state index contributed by atoms with van der Waals surface area (Å²) >= 11 is 6.16. The molecule has 0 atom stereocenters. The molecule has 0 bridgehead atoms. The van der Waals surface area contributed by atoms with E-state index in [0.29, 0.717) is 0 Å². The molecule has 1 aliphatic heterocycles. The van der Waals surface area contributed by atoms with E-state index in [9.17, 15) is 0 Å². The van der Waals surface area contributed by atoms with Gasteiger partial charge in [0.05, 0.1) is 11.0 Å². The van der Waals surface area contributed by atoms with Crippen molar-refractivity contribution in [2.75, 3.05) is 31.1 Å². The molecule has 2 aromatic rings. The molecule has 2 heterocycles. The molecule has 1 N–H and O–H groups in total. The van der Waals surface area contributed by atoms with E-state index < -0.39 is 0 Å². The minimum Gasteiger partial charge on any atom is -0.340 e. The first-order valence-corrected chi connectivity index (χ1v) is 6.63. The summed E-state index contributed by atoms with van der Waals surface area (Å²) in [5, 5.41) is 4.14. The highest BCUT2D eigenvalue weighted by molar-refractivity contribution is 6.32. The molecule has 3 rings (SSSR count). The number of piperazine rings is 1. The van der Waals surface area contributed by atoms with Crippen LogP contribution in [0.5, 0.6) is 0 Å². The van der Waals surface area contributed by atoms with Crippen LogP contribution in [0.15, 0.2) is 12.1 Å². The molecule has 0 saturated carbocycles. The van der Waals surface area contributed by atoms with E-state index in [2.05, 4.69) is 21.8 Å². The second-order valence-electron chi connectivity index (χ2n) is 4.75. The maximum atomic E-state index is 6.16. The van der Waals surface area contributed by atoms with Crippen molar-refractivity contribution >= 4 is 28.6 Å². The normalized spacial score (nSPS) is 16.5. The number of nitrogens with one attached hydrogen (secondary N) is 1. The van der Waals surface area contributed by atoms with E-state index in [0.717, 1.165) is 53.7 Å². The quantitative estimate of drug-likeness (QED) is 0.855. The van der Waals surface area contributed by atoms with Crippen molar-refractivity contribution in [2.24, 2.45) is 7.05 Å². The highest BCUT2D eigenvalue weighted by Gasteiger charge is 2.18. The zero-order chi connectivity index (χ0) is 12.7. The van der Waals surface area contributed by atoms with Crippen LogP contribution in [0, 0.1) is 6.92 Å². The van der Waals surface area contributed by atoms with Crippen molar-refractivity contribution in [3.63, 3.8) is 0 Å². The van der Waals surface area contributed by atoms with Crippen molar-refractivity contribution in [1.29, 1.82) is 0 Å². The lowest BCUT2D eigenvalue weighted by molar-refractivity contribution is 0.575. The number of benzene rings is 1. The molecule has 1 aliphatic rings. The topological polar surface area (TPSA) is 33.1 Å². The zero-order valence-corrected chi connectivity index (χ0v) is 11.5. The van der Waals surface area contributed by atoms with Crippen LogP contribution in [0.25, 0.3) is 11.0 Å². The lowest BCUT2D eigenvalue weighted by atomic mass is 10.2. The summed E-state index contributed by atoms with van der Waals surface area (Å²) < 4.78 is 2.16. The first kappa shape index (κ1) is 11.8. The van der Waals surface area contributed by atoms with Crippen molar-refractivity contribution < 1.29 is 0 Å². The fourth-order valence-electron chi connectivity index (χ4n) is 2.50. The molecule has 18 heavy (non-hydrogen) atoms. The summed E-state index contributed by atoms with van der Waals surface area (Å²) in [5.41, 5.74) is 3.22. The SMILES string of the molecule is Cc1c(Cl)ccc2c1nc(N1CCNCC1)n2C. The maximum absolute atomic E-state index is 6.16. The fraction of sp³-hybridized carbons (Fsp3) is 0.462. The lowest BCUT2D eigenvalue weighted by Crippen LogP contribution is -2.44. The molecule has 0 amide bonds. The molecule has 0 aliphatic carbocycles. The van der Waals surface area contributed by atoms with Crippen LogP contribution in [-0.4, -0.2) is 35.7 Å².